The lowest BCUT2D eigenvalue weighted by atomic mass is 10.0. The molecule has 1 nitrogen and oxygen atoms in total. The first-order valence-electron chi connectivity index (χ1n) is 4.85. The minimum Gasteiger partial charge on any atom is -0.301 e. The van der Waals surface area contributed by atoms with Crippen molar-refractivity contribution in [3.05, 3.63) is 0 Å². The molecule has 1 heteroatoms. The van der Waals surface area contributed by atoms with E-state index in [-0.39, 0.29) is 0 Å². The molecular weight excluding hydrogens is 134 g/mol. The Balaban J connectivity index is 2.45. The van der Waals surface area contributed by atoms with Gasteiger partial charge >= 0.3 is 0 Å². The van der Waals surface area contributed by atoms with Gasteiger partial charge in [0.25, 0.3) is 0 Å². The summed E-state index contributed by atoms with van der Waals surface area (Å²) in [5.74, 6) is 0.919. The van der Waals surface area contributed by atoms with E-state index in [1.807, 2.05) is 0 Å². The van der Waals surface area contributed by atoms with Gasteiger partial charge in [0, 0.05) is 12.1 Å². The van der Waals surface area contributed by atoms with Crippen molar-refractivity contribution >= 4 is 0 Å². The summed E-state index contributed by atoms with van der Waals surface area (Å²) in [6.45, 7) is 6.95. The summed E-state index contributed by atoms with van der Waals surface area (Å²) in [6.07, 6.45) is 4.28. The van der Waals surface area contributed by atoms with E-state index in [4.69, 9.17) is 0 Å². The molecule has 0 unspecified atom stereocenters. The Hall–Kier alpha value is -0.0400. The number of nitrogens with zero attached hydrogens (tertiary/aromatic N) is 1. The van der Waals surface area contributed by atoms with Crippen LogP contribution in [0.25, 0.3) is 0 Å². The summed E-state index contributed by atoms with van der Waals surface area (Å²) >= 11 is 0. The summed E-state index contributed by atoms with van der Waals surface area (Å²) in [5.41, 5.74) is 0. The standard InChI is InChI=1S/C10H21N/c1-8(2)11(4)10-7-5-6-9(10)3/h8-10H,5-7H2,1-4H3/t9-,10+/m1/s1. The number of hydrogen-bond acceptors (Lipinski definition) is 1. The van der Waals surface area contributed by atoms with Gasteiger partial charge in [0.1, 0.15) is 0 Å². The van der Waals surface area contributed by atoms with Crippen molar-refractivity contribution in [1.29, 1.82) is 0 Å². The molecule has 1 saturated carbocycles. The van der Waals surface area contributed by atoms with E-state index in [0.717, 1.165) is 12.0 Å². The molecule has 0 aromatic heterocycles. The van der Waals surface area contributed by atoms with Crippen LogP contribution in [0.3, 0.4) is 0 Å². The Kier molecular flexibility index (Phi) is 2.94. The van der Waals surface area contributed by atoms with Gasteiger partial charge in [-0.3, -0.25) is 0 Å². The zero-order chi connectivity index (χ0) is 8.43. The highest BCUT2D eigenvalue weighted by molar-refractivity contribution is 4.82. The maximum Gasteiger partial charge on any atom is 0.0120 e. The molecule has 0 amide bonds. The maximum absolute atomic E-state index is 2.53. The summed E-state index contributed by atoms with van der Waals surface area (Å²) in [5, 5.41) is 0. The van der Waals surface area contributed by atoms with Gasteiger partial charge in [0.2, 0.25) is 0 Å². The fraction of sp³-hybridized carbons (Fsp3) is 1.00. The normalized spacial score (nSPS) is 32.2. The second-order valence-electron chi connectivity index (χ2n) is 4.23. The molecule has 0 saturated heterocycles. The molecule has 0 spiro atoms. The molecule has 0 aromatic rings. The van der Waals surface area contributed by atoms with Gasteiger partial charge in [-0.1, -0.05) is 13.3 Å². The fourth-order valence-corrected chi connectivity index (χ4v) is 2.11. The molecule has 0 radical (unpaired) electrons. The quantitative estimate of drug-likeness (QED) is 0.592. The fourth-order valence-electron chi connectivity index (χ4n) is 2.11. The summed E-state index contributed by atoms with van der Waals surface area (Å²) < 4.78 is 0. The van der Waals surface area contributed by atoms with Crippen LogP contribution in [0.4, 0.5) is 0 Å². The Labute approximate surface area is 70.8 Å². The van der Waals surface area contributed by atoms with Crippen molar-refractivity contribution in [3.63, 3.8) is 0 Å². The minimum atomic E-state index is 0.709. The second kappa shape index (κ2) is 3.57. The van der Waals surface area contributed by atoms with Crippen molar-refractivity contribution in [2.75, 3.05) is 7.05 Å². The molecule has 0 aromatic carbocycles. The first-order valence-corrected chi connectivity index (χ1v) is 4.85. The first kappa shape index (κ1) is 9.05. The largest absolute Gasteiger partial charge is 0.301 e. The van der Waals surface area contributed by atoms with Crippen molar-refractivity contribution < 1.29 is 0 Å². The Morgan fingerprint density at radius 2 is 1.91 bits per heavy atom. The van der Waals surface area contributed by atoms with Crippen molar-refractivity contribution in [2.24, 2.45) is 5.92 Å². The predicted molar refractivity (Wildman–Crippen MR) is 49.7 cm³/mol. The zero-order valence-electron chi connectivity index (χ0n) is 8.30. The van der Waals surface area contributed by atoms with E-state index in [1.165, 1.54) is 19.3 Å². The third-order valence-corrected chi connectivity index (χ3v) is 3.15. The maximum atomic E-state index is 2.53. The van der Waals surface area contributed by atoms with Crippen LogP contribution in [-0.2, 0) is 0 Å². The number of hydrogen-bond donors (Lipinski definition) is 0. The van der Waals surface area contributed by atoms with Gasteiger partial charge in [-0.25, -0.2) is 0 Å². The van der Waals surface area contributed by atoms with Crippen molar-refractivity contribution in [2.45, 2.75) is 52.1 Å². The third kappa shape index (κ3) is 1.96. The number of rotatable bonds is 2. The van der Waals surface area contributed by atoms with Gasteiger partial charge in [-0.15, -0.1) is 0 Å². The van der Waals surface area contributed by atoms with Gasteiger partial charge in [0.15, 0.2) is 0 Å². The highest BCUT2D eigenvalue weighted by Gasteiger charge is 2.27. The molecule has 2 atom stereocenters. The van der Waals surface area contributed by atoms with E-state index in [0.29, 0.717) is 6.04 Å². The summed E-state index contributed by atoms with van der Waals surface area (Å²) in [6, 6.07) is 1.57. The molecule has 0 N–H and O–H groups in total. The minimum absolute atomic E-state index is 0.709. The van der Waals surface area contributed by atoms with Crippen molar-refractivity contribution in [1.82, 2.24) is 4.90 Å². The molecule has 1 aliphatic carbocycles. The predicted octanol–water partition coefficient (Wildman–Crippen LogP) is 2.52. The molecule has 0 aliphatic heterocycles. The Morgan fingerprint density at radius 3 is 2.27 bits per heavy atom. The van der Waals surface area contributed by atoms with Gasteiger partial charge in [-0.05, 0) is 39.7 Å². The van der Waals surface area contributed by atoms with E-state index < -0.39 is 0 Å². The van der Waals surface area contributed by atoms with E-state index in [1.54, 1.807) is 0 Å². The van der Waals surface area contributed by atoms with E-state index in [9.17, 15) is 0 Å². The molecule has 1 fully saturated rings. The second-order valence-corrected chi connectivity index (χ2v) is 4.23. The Bertz CT molecular complexity index is 120. The molecule has 11 heavy (non-hydrogen) atoms. The lowest BCUT2D eigenvalue weighted by molar-refractivity contribution is 0.165. The summed E-state index contributed by atoms with van der Waals surface area (Å²) in [4.78, 5) is 2.53. The highest BCUT2D eigenvalue weighted by Crippen LogP contribution is 2.29. The summed E-state index contributed by atoms with van der Waals surface area (Å²) in [7, 11) is 2.26. The monoisotopic (exact) mass is 155 g/mol. The molecule has 66 valence electrons. The van der Waals surface area contributed by atoms with E-state index in [2.05, 4.69) is 32.7 Å². The van der Waals surface area contributed by atoms with E-state index >= 15 is 0 Å². The van der Waals surface area contributed by atoms with Gasteiger partial charge in [-0.2, -0.15) is 0 Å². The molecule has 1 rings (SSSR count). The lowest BCUT2D eigenvalue weighted by Gasteiger charge is -2.31. The topological polar surface area (TPSA) is 3.24 Å². The van der Waals surface area contributed by atoms with Crippen LogP contribution < -0.4 is 0 Å². The average Bonchev–Trinajstić information content (AvgIpc) is 2.33. The lowest BCUT2D eigenvalue weighted by Crippen LogP contribution is -2.38. The highest BCUT2D eigenvalue weighted by atomic mass is 15.2. The average molecular weight is 155 g/mol. The molecule has 0 heterocycles. The van der Waals surface area contributed by atoms with Crippen LogP contribution in [0, 0.1) is 5.92 Å². The molecule has 1 aliphatic rings. The first-order chi connectivity index (χ1) is 5.13. The smallest absolute Gasteiger partial charge is 0.0120 e. The van der Waals surface area contributed by atoms with Crippen LogP contribution in [0.1, 0.15) is 40.0 Å². The van der Waals surface area contributed by atoms with Gasteiger partial charge < -0.3 is 4.90 Å². The van der Waals surface area contributed by atoms with Crippen LogP contribution in [0.2, 0.25) is 0 Å². The third-order valence-electron chi connectivity index (χ3n) is 3.15. The van der Waals surface area contributed by atoms with Crippen LogP contribution >= 0.6 is 0 Å². The Morgan fingerprint density at radius 1 is 1.27 bits per heavy atom. The molecule has 0 bridgehead atoms. The van der Waals surface area contributed by atoms with Crippen molar-refractivity contribution in [3.8, 4) is 0 Å². The van der Waals surface area contributed by atoms with Crippen LogP contribution in [0.15, 0.2) is 0 Å². The van der Waals surface area contributed by atoms with Crippen LogP contribution in [-0.4, -0.2) is 24.0 Å². The van der Waals surface area contributed by atoms with Gasteiger partial charge in [0.05, 0.1) is 0 Å². The zero-order valence-corrected chi connectivity index (χ0v) is 8.30. The van der Waals surface area contributed by atoms with Crippen LogP contribution in [0.5, 0.6) is 0 Å². The SMILES string of the molecule is CC(C)N(C)[C@H]1CCC[C@H]1C. The molecular formula is C10H21N.